The van der Waals surface area contributed by atoms with Gasteiger partial charge in [-0.1, -0.05) is 0 Å². The Balaban J connectivity index is 2.73. The second-order valence-electron chi connectivity index (χ2n) is 3.31. The fourth-order valence-electron chi connectivity index (χ4n) is 1.73. The molecule has 0 unspecified atom stereocenters. The molecular weight excluding hydrogens is 194 g/mol. The molecule has 0 saturated heterocycles. The number of non-ortho nitro benzene ring substituents is 1. The van der Waals surface area contributed by atoms with Crippen LogP contribution in [0.25, 0.3) is 10.9 Å². The molecule has 5 heteroatoms. The van der Waals surface area contributed by atoms with Crippen molar-refractivity contribution in [1.29, 1.82) is 0 Å². The van der Waals surface area contributed by atoms with Crippen LogP contribution in [-0.4, -0.2) is 9.49 Å². The lowest BCUT2D eigenvalue weighted by Gasteiger charge is -2.02. The van der Waals surface area contributed by atoms with Crippen molar-refractivity contribution in [2.45, 2.75) is 13.5 Å². The Kier molecular flexibility index (Phi) is 2.07. The lowest BCUT2D eigenvalue weighted by Crippen LogP contribution is -1.99. The number of rotatable bonds is 2. The summed E-state index contributed by atoms with van der Waals surface area (Å²) in [5.74, 6) is 0.632. The lowest BCUT2D eigenvalue weighted by atomic mass is 10.2. The molecule has 0 fully saturated rings. The third-order valence-electron chi connectivity index (χ3n) is 2.45. The van der Waals surface area contributed by atoms with Crippen LogP contribution in [0.15, 0.2) is 24.3 Å². The molecule has 1 aromatic carbocycles. The zero-order valence-electron chi connectivity index (χ0n) is 8.30. The van der Waals surface area contributed by atoms with E-state index in [-0.39, 0.29) is 5.69 Å². The van der Waals surface area contributed by atoms with E-state index in [2.05, 4.69) is 0 Å². The summed E-state index contributed by atoms with van der Waals surface area (Å²) in [7, 11) is 0. The second kappa shape index (κ2) is 3.27. The van der Waals surface area contributed by atoms with Crippen LogP contribution in [0.1, 0.15) is 6.92 Å². The first-order chi connectivity index (χ1) is 7.13. The molecule has 0 aliphatic heterocycles. The van der Waals surface area contributed by atoms with Crippen LogP contribution < -0.4 is 5.73 Å². The SMILES string of the molecule is CCn1c(N)cc2ccc([N+](=O)[O-])cc21. The molecule has 0 spiro atoms. The van der Waals surface area contributed by atoms with Gasteiger partial charge < -0.3 is 10.3 Å². The fourth-order valence-corrected chi connectivity index (χ4v) is 1.73. The maximum absolute atomic E-state index is 10.6. The summed E-state index contributed by atoms with van der Waals surface area (Å²) in [6.07, 6.45) is 0. The highest BCUT2D eigenvalue weighted by atomic mass is 16.6. The maximum Gasteiger partial charge on any atom is 0.271 e. The van der Waals surface area contributed by atoms with Gasteiger partial charge in [-0.2, -0.15) is 0 Å². The van der Waals surface area contributed by atoms with Crippen molar-refractivity contribution < 1.29 is 4.92 Å². The van der Waals surface area contributed by atoms with Crippen molar-refractivity contribution in [3.8, 4) is 0 Å². The number of nitrogens with zero attached hydrogens (tertiary/aromatic N) is 2. The Bertz CT molecular complexity index is 531. The molecule has 0 aliphatic carbocycles. The van der Waals surface area contributed by atoms with Crippen LogP contribution in [0.4, 0.5) is 11.5 Å². The largest absolute Gasteiger partial charge is 0.385 e. The molecule has 5 nitrogen and oxygen atoms in total. The Morgan fingerprint density at radius 2 is 2.20 bits per heavy atom. The lowest BCUT2D eigenvalue weighted by molar-refractivity contribution is -0.384. The molecular formula is C10H11N3O2. The Morgan fingerprint density at radius 1 is 1.47 bits per heavy atom. The van der Waals surface area contributed by atoms with Crippen LogP contribution in [0.3, 0.4) is 0 Å². The Hall–Kier alpha value is -2.04. The van der Waals surface area contributed by atoms with Crippen molar-refractivity contribution in [1.82, 2.24) is 4.57 Å². The minimum absolute atomic E-state index is 0.0929. The molecule has 0 saturated carbocycles. The first-order valence-corrected chi connectivity index (χ1v) is 4.66. The van der Waals surface area contributed by atoms with Gasteiger partial charge >= 0.3 is 0 Å². The van der Waals surface area contributed by atoms with Crippen LogP contribution >= 0.6 is 0 Å². The number of nitrogen functional groups attached to an aromatic ring is 1. The number of fused-ring (bicyclic) bond motifs is 1. The molecule has 78 valence electrons. The van der Waals surface area contributed by atoms with Gasteiger partial charge in [0.2, 0.25) is 0 Å². The smallest absolute Gasteiger partial charge is 0.271 e. The zero-order chi connectivity index (χ0) is 11.0. The topological polar surface area (TPSA) is 74.1 Å². The summed E-state index contributed by atoms with van der Waals surface area (Å²) in [6, 6.07) is 6.58. The quantitative estimate of drug-likeness (QED) is 0.603. The van der Waals surface area contributed by atoms with Gasteiger partial charge in [-0.05, 0) is 19.1 Å². The molecule has 2 rings (SSSR count). The third kappa shape index (κ3) is 1.41. The van der Waals surface area contributed by atoms with Gasteiger partial charge in [0.25, 0.3) is 5.69 Å². The summed E-state index contributed by atoms with van der Waals surface area (Å²) in [5, 5.41) is 11.5. The number of nitro groups is 1. The standard InChI is InChI=1S/C10H11N3O2/c1-2-12-9-6-8(13(14)15)4-3-7(9)5-10(12)11/h3-6H,2,11H2,1H3. The highest BCUT2D eigenvalue weighted by Crippen LogP contribution is 2.25. The number of hydrogen-bond donors (Lipinski definition) is 1. The van der Waals surface area contributed by atoms with Crippen LogP contribution in [0, 0.1) is 10.1 Å². The maximum atomic E-state index is 10.6. The van der Waals surface area contributed by atoms with Crippen molar-refractivity contribution in [2.24, 2.45) is 0 Å². The summed E-state index contributed by atoms with van der Waals surface area (Å²) in [5.41, 5.74) is 6.69. The third-order valence-corrected chi connectivity index (χ3v) is 2.45. The van der Waals surface area contributed by atoms with E-state index in [0.717, 1.165) is 10.9 Å². The van der Waals surface area contributed by atoms with Gasteiger partial charge in [0, 0.05) is 24.1 Å². The van der Waals surface area contributed by atoms with Gasteiger partial charge in [0.1, 0.15) is 5.82 Å². The molecule has 0 aliphatic rings. The Labute approximate surface area is 86.3 Å². The van der Waals surface area contributed by atoms with E-state index < -0.39 is 4.92 Å². The number of aromatic nitrogens is 1. The van der Waals surface area contributed by atoms with Gasteiger partial charge in [0.15, 0.2) is 0 Å². The summed E-state index contributed by atoms with van der Waals surface area (Å²) in [6.45, 7) is 2.66. The molecule has 1 heterocycles. The molecule has 1 aromatic heterocycles. The van der Waals surface area contributed by atoms with E-state index in [0.29, 0.717) is 12.4 Å². The molecule has 0 radical (unpaired) electrons. The highest BCUT2D eigenvalue weighted by Gasteiger charge is 2.10. The number of anilines is 1. The van der Waals surface area contributed by atoms with Crippen molar-refractivity contribution in [3.05, 3.63) is 34.4 Å². The van der Waals surface area contributed by atoms with E-state index in [1.165, 1.54) is 6.07 Å². The predicted octanol–water partition coefficient (Wildman–Crippen LogP) is 2.15. The number of benzene rings is 1. The number of hydrogen-bond acceptors (Lipinski definition) is 3. The molecule has 0 atom stereocenters. The monoisotopic (exact) mass is 205 g/mol. The molecule has 15 heavy (non-hydrogen) atoms. The van der Waals surface area contributed by atoms with Crippen LogP contribution in [-0.2, 0) is 6.54 Å². The summed E-state index contributed by atoms with van der Waals surface area (Å²) in [4.78, 5) is 10.2. The van der Waals surface area contributed by atoms with E-state index in [4.69, 9.17) is 5.73 Å². The van der Waals surface area contributed by atoms with E-state index in [9.17, 15) is 10.1 Å². The van der Waals surface area contributed by atoms with E-state index >= 15 is 0 Å². The number of aryl methyl sites for hydroxylation is 1. The van der Waals surface area contributed by atoms with Crippen LogP contribution in [0.5, 0.6) is 0 Å². The van der Waals surface area contributed by atoms with Crippen molar-refractivity contribution in [3.63, 3.8) is 0 Å². The van der Waals surface area contributed by atoms with Crippen molar-refractivity contribution >= 4 is 22.4 Å². The second-order valence-corrected chi connectivity index (χ2v) is 3.31. The highest BCUT2D eigenvalue weighted by molar-refractivity contribution is 5.86. The van der Waals surface area contributed by atoms with E-state index in [1.807, 2.05) is 17.6 Å². The average molecular weight is 205 g/mol. The zero-order valence-corrected chi connectivity index (χ0v) is 8.30. The summed E-state index contributed by atoms with van der Waals surface area (Å²) < 4.78 is 1.85. The minimum Gasteiger partial charge on any atom is -0.385 e. The first-order valence-electron chi connectivity index (χ1n) is 4.66. The first kappa shape index (κ1) is 9.51. The van der Waals surface area contributed by atoms with E-state index in [1.54, 1.807) is 12.1 Å². The summed E-state index contributed by atoms with van der Waals surface area (Å²) >= 11 is 0. The van der Waals surface area contributed by atoms with Gasteiger partial charge in [-0.3, -0.25) is 10.1 Å². The predicted molar refractivity (Wildman–Crippen MR) is 58.7 cm³/mol. The van der Waals surface area contributed by atoms with Crippen molar-refractivity contribution in [2.75, 3.05) is 5.73 Å². The molecule has 0 bridgehead atoms. The fraction of sp³-hybridized carbons (Fsp3) is 0.200. The molecule has 2 aromatic rings. The number of nitrogens with two attached hydrogens (primary N) is 1. The van der Waals surface area contributed by atoms with Gasteiger partial charge in [0.05, 0.1) is 10.4 Å². The Morgan fingerprint density at radius 3 is 2.80 bits per heavy atom. The van der Waals surface area contributed by atoms with Gasteiger partial charge in [-0.15, -0.1) is 0 Å². The normalized spacial score (nSPS) is 10.7. The molecule has 0 amide bonds. The number of nitro benzene ring substituents is 1. The van der Waals surface area contributed by atoms with Gasteiger partial charge in [-0.25, -0.2) is 0 Å². The molecule has 2 N–H and O–H groups in total. The van der Waals surface area contributed by atoms with Crippen LogP contribution in [0.2, 0.25) is 0 Å². The average Bonchev–Trinajstić information content (AvgIpc) is 2.51. The minimum atomic E-state index is -0.400.